The van der Waals surface area contributed by atoms with Crippen LogP contribution in [-0.4, -0.2) is 44.9 Å². The lowest BCUT2D eigenvalue weighted by molar-refractivity contribution is -0.138. The Hall–Kier alpha value is -3.47. The number of hydrogen-bond acceptors (Lipinski definition) is 6. The molecule has 0 bridgehead atoms. The van der Waals surface area contributed by atoms with Gasteiger partial charge in [0.15, 0.2) is 0 Å². The molecule has 8 nitrogen and oxygen atoms in total. The fraction of sp³-hybridized carbons (Fsp3) is 0.464. The Morgan fingerprint density at radius 1 is 1.15 bits per heavy atom. The number of ether oxygens (including phenoxy) is 1. The third-order valence-corrected chi connectivity index (χ3v) is 8.38. The minimum atomic E-state index is -4.60. The molecule has 0 spiro atoms. The Morgan fingerprint density at radius 2 is 1.90 bits per heavy atom. The number of rotatable bonds is 6. The van der Waals surface area contributed by atoms with Gasteiger partial charge in [0.05, 0.1) is 23.6 Å². The molecular weight excluding hydrogens is 509 g/mol. The SMILES string of the molecule is [CH2]c1cc2c(c(C(F)(F)F)c1)CN(c1cc(C3(c4nncn4C)CC(OC)C3)cc(NC3CCCC3)n1)C2=O. The van der Waals surface area contributed by atoms with Crippen LogP contribution in [0.25, 0.3) is 0 Å². The summed E-state index contributed by atoms with van der Waals surface area (Å²) in [6, 6.07) is 6.45. The molecule has 2 aromatic heterocycles. The van der Waals surface area contributed by atoms with Crippen molar-refractivity contribution in [2.75, 3.05) is 17.3 Å². The number of methoxy groups -OCH3 is 1. The molecule has 11 heteroatoms. The number of benzene rings is 1. The number of anilines is 2. The average Bonchev–Trinajstić information content (AvgIpc) is 3.60. The second kappa shape index (κ2) is 9.32. The molecule has 1 amide bonds. The van der Waals surface area contributed by atoms with Gasteiger partial charge in [-0.2, -0.15) is 13.2 Å². The molecule has 3 aliphatic rings. The number of carbonyl (C=O) groups is 1. The topological polar surface area (TPSA) is 85.2 Å². The highest BCUT2D eigenvalue weighted by molar-refractivity contribution is 6.10. The smallest absolute Gasteiger partial charge is 0.381 e. The van der Waals surface area contributed by atoms with Gasteiger partial charge >= 0.3 is 6.18 Å². The quantitative estimate of drug-likeness (QED) is 0.474. The van der Waals surface area contributed by atoms with Gasteiger partial charge in [0, 0.05) is 25.8 Å². The molecule has 0 saturated heterocycles. The van der Waals surface area contributed by atoms with E-state index in [0.29, 0.717) is 24.5 Å². The van der Waals surface area contributed by atoms with Gasteiger partial charge in [0.2, 0.25) is 0 Å². The van der Waals surface area contributed by atoms with E-state index in [1.165, 1.54) is 11.0 Å². The van der Waals surface area contributed by atoms with Gasteiger partial charge in [-0.05, 0) is 73.6 Å². The number of amides is 1. The number of halogens is 3. The van der Waals surface area contributed by atoms with Crippen molar-refractivity contribution in [3.05, 3.63) is 71.2 Å². The maximum absolute atomic E-state index is 13.9. The second-order valence-corrected chi connectivity index (χ2v) is 10.9. The first kappa shape index (κ1) is 25.8. The van der Waals surface area contributed by atoms with E-state index >= 15 is 0 Å². The van der Waals surface area contributed by atoms with Crippen LogP contribution in [-0.2, 0) is 29.9 Å². The van der Waals surface area contributed by atoms with Crippen molar-refractivity contribution in [3.63, 3.8) is 0 Å². The fourth-order valence-corrected chi connectivity index (χ4v) is 6.34. The lowest BCUT2D eigenvalue weighted by Crippen LogP contribution is -2.48. The summed E-state index contributed by atoms with van der Waals surface area (Å²) in [6.45, 7) is 3.45. The van der Waals surface area contributed by atoms with Crippen molar-refractivity contribution < 1.29 is 22.7 Å². The molecule has 3 aromatic rings. The highest BCUT2D eigenvalue weighted by Gasteiger charge is 2.51. The highest BCUT2D eigenvalue weighted by atomic mass is 19.4. The number of fused-ring (bicyclic) bond motifs is 1. The van der Waals surface area contributed by atoms with Gasteiger partial charge in [0.1, 0.15) is 23.8 Å². The average molecular weight is 540 g/mol. The first-order chi connectivity index (χ1) is 18.6. The van der Waals surface area contributed by atoms with Gasteiger partial charge in [-0.1, -0.05) is 12.8 Å². The number of pyridine rings is 1. The van der Waals surface area contributed by atoms with Gasteiger partial charge in [-0.3, -0.25) is 9.69 Å². The Kier molecular flexibility index (Phi) is 6.16. The molecule has 205 valence electrons. The number of nitrogens with zero attached hydrogens (tertiary/aromatic N) is 5. The summed E-state index contributed by atoms with van der Waals surface area (Å²) in [4.78, 5) is 19.6. The van der Waals surface area contributed by atoms with Crippen LogP contribution in [0.5, 0.6) is 0 Å². The molecule has 0 atom stereocenters. The van der Waals surface area contributed by atoms with Gasteiger partial charge in [0.25, 0.3) is 5.91 Å². The highest BCUT2D eigenvalue weighted by Crippen LogP contribution is 2.50. The van der Waals surface area contributed by atoms with Crippen LogP contribution in [0.2, 0.25) is 0 Å². The van der Waals surface area contributed by atoms with Crippen LogP contribution in [0.1, 0.15) is 77.0 Å². The molecule has 1 N–H and O–H groups in total. The van der Waals surface area contributed by atoms with Crippen LogP contribution in [0.15, 0.2) is 30.6 Å². The van der Waals surface area contributed by atoms with Crippen LogP contribution >= 0.6 is 0 Å². The molecule has 1 aliphatic heterocycles. The van der Waals surface area contributed by atoms with Crippen LogP contribution in [0.4, 0.5) is 24.8 Å². The van der Waals surface area contributed by atoms with Crippen molar-refractivity contribution >= 4 is 17.5 Å². The first-order valence-corrected chi connectivity index (χ1v) is 13.1. The van der Waals surface area contributed by atoms with Crippen LogP contribution in [0, 0.1) is 6.92 Å². The lowest BCUT2D eigenvalue weighted by atomic mass is 9.62. The third-order valence-electron chi connectivity index (χ3n) is 8.38. The summed E-state index contributed by atoms with van der Waals surface area (Å²) in [5.74, 6) is 1.13. The summed E-state index contributed by atoms with van der Waals surface area (Å²) in [5.41, 5.74) is -0.401. The summed E-state index contributed by atoms with van der Waals surface area (Å²) >= 11 is 0. The molecule has 39 heavy (non-hydrogen) atoms. The molecule has 2 fully saturated rings. The summed E-state index contributed by atoms with van der Waals surface area (Å²) in [5, 5.41) is 12.0. The molecule has 2 aliphatic carbocycles. The van der Waals surface area contributed by atoms with Crippen molar-refractivity contribution in [2.45, 2.75) is 68.8 Å². The predicted octanol–water partition coefficient (Wildman–Crippen LogP) is 5.02. The van der Waals surface area contributed by atoms with Gasteiger partial charge in [-0.15, -0.1) is 10.2 Å². The molecule has 1 radical (unpaired) electrons. The zero-order chi connectivity index (χ0) is 27.5. The van der Waals surface area contributed by atoms with E-state index < -0.39 is 23.1 Å². The number of carbonyl (C=O) groups excluding carboxylic acids is 1. The minimum Gasteiger partial charge on any atom is -0.381 e. The van der Waals surface area contributed by atoms with Crippen molar-refractivity contribution in [1.29, 1.82) is 0 Å². The van der Waals surface area contributed by atoms with Crippen LogP contribution < -0.4 is 10.2 Å². The zero-order valence-electron chi connectivity index (χ0n) is 21.9. The van der Waals surface area contributed by atoms with E-state index in [2.05, 4.69) is 22.4 Å². The molecular formula is C28H30F3N6O2. The minimum absolute atomic E-state index is 0.0124. The van der Waals surface area contributed by atoms with E-state index in [0.717, 1.165) is 43.1 Å². The molecule has 2 saturated carbocycles. The molecule has 1 aromatic carbocycles. The number of hydrogen-bond donors (Lipinski definition) is 1. The second-order valence-electron chi connectivity index (χ2n) is 10.9. The molecule has 3 heterocycles. The number of nitrogens with one attached hydrogen (secondary N) is 1. The zero-order valence-corrected chi connectivity index (χ0v) is 21.9. The number of alkyl halides is 3. The lowest BCUT2D eigenvalue weighted by Gasteiger charge is -2.46. The van der Waals surface area contributed by atoms with E-state index in [-0.39, 0.29) is 35.4 Å². The molecule has 0 unspecified atom stereocenters. The van der Waals surface area contributed by atoms with E-state index in [1.807, 2.05) is 23.7 Å². The largest absolute Gasteiger partial charge is 0.416 e. The standard InChI is InChI=1S/C28H30F3N6O2/c1-16-8-20-21(22(9-16)28(29,30)31)14-37(25(20)38)24-11-17(10-23(34-24)33-18-6-4-5-7-18)27(12-19(13-27)39-3)26-35-32-15-36(26)2/h8-11,15,18-19H,1,4-7,12-14H2,2-3H3,(H,33,34). The fourth-order valence-electron chi connectivity index (χ4n) is 6.34. The molecule has 6 rings (SSSR count). The normalized spacial score (nSPS) is 23.3. The van der Waals surface area contributed by atoms with Crippen LogP contribution in [0.3, 0.4) is 0 Å². The number of aryl methyl sites for hydroxylation is 1. The van der Waals surface area contributed by atoms with E-state index in [1.54, 1.807) is 13.4 Å². The van der Waals surface area contributed by atoms with Gasteiger partial charge in [-0.25, -0.2) is 4.98 Å². The maximum atomic E-state index is 13.9. The van der Waals surface area contributed by atoms with E-state index in [4.69, 9.17) is 9.72 Å². The summed E-state index contributed by atoms with van der Waals surface area (Å²) < 4.78 is 49.2. The number of aromatic nitrogens is 4. The first-order valence-electron chi connectivity index (χ1n) is 13.1. The monoisotopic (exact) mass is 539 g/mol. The Morgan fingerprint density at radius 3 is 2.54 bits per heavy atom. The predicted molar refractivity (Wildman–Crippen MR) is 138 cm³/mol. The third kappa shape index (κ3) is 4.36. The Bertz CT molecular complexity index is 1420. The summed E-state index contributed by atoms with van der Waals surface area (Å²) in [6.07, 6.45) is 2.63. The van der Waals surface area contributed by atoms with Gasteiger partial charge < -0.3 is 14.6 Å². The van der Waals surface area contributed by atoms with Crippen molar-refractivity contribution in [3.8, 4) is 0 Å². The van der Waals surface area contributed by atoms with Crippen molar-refractivity contribution in [2.24, 2.45) is 7.05 Å². The Labute approximate surface area is 224 Å². The maximum Gasteiger partial charge on any atom is 0.416 e. The van der Waals surface area contributed by atoms with Crippen molar-refractivity contribution in [1.82, 2.24) is 19.7 Å². The Balaban J connectivity index is 1.46. The van der Waals surface area contributed by atoms with E-state index in [9.17, 15) is 18.0 Å². The summed E-state index contributed by atoms with van der Waals surface area (Å²) in [7, 11) is 3.55.